The van der Waals surface area contributed by atoms with Crippen LogP contribution in [0.25, 0.3) is 0 Å². The van der Waals surface area contributed by atoms with Gasteiger partial charge in [0.25, 0.3) is 5.91 Å². The first-order valence-corrected chi connectivity index (χ1v) is 8.67. The number of nitrogens with one attached hydrogen (secondary N) is 1. The second kappa shape index (κ2) is 6.65. The van der Waals surface area contributed by atoms with Crippen LogP contribution in [0.1, 0.15) is 29.6 Å². The maximum Gasteiger partial charge on any atom is 0.254 e. The minimum Gasteiger partial charge on any atom is -0.457 e. The summed E-state index contributed by atoms with van der Waals surface area (Å²) in [6.07, 6.45) is 3.29. The van der Waals surface area contributed by atoms with Crippen molar-refractivity contribution in [1.29, 1.82) is 0 Å². The van der Waals surface area contributed by atoms with E-state index in [2.05, 4.69) is 10.2 Å². The molecule has 0 spiro atoms. The minimum absolute atomic E-state index is 0.150. The summed E-state index contributed by atoms with van der Waals surface area (Å²) in [5, 5.41) is 3.44. The molecule has 2 aromatic rings. The number of carbonyl (C=O) groups is 1. The lowest BCUT2D eigenvalue weighted by Crippen LogP contribution is -2.42. The van der Waals surface area contributed by atoms with Crippen molar-refractivity contribution in [2.75, 3.05) is 13.1 Å². The molecule has 4 heteroatoms. The number of hydrogen-bond acceptors (Lipinski definition) is 3. The Labute approximate surface area is 142 Å². The second-order valence-corrected chi connectivity index (χ2v) is 6.53. The Kier molecular flexibility index (Phi) is 4.22. The van der Waals surface area contributed by atoms with Crippen LogP contribution < -0.4 is 10.1 Å². The lowest BCUT2D eigenvalue weighted by atomic mass is 10.1. The standard InChI is InChI=1S/C20H22N2O2/c23-20(22-16-8-9-17(22)14-21-13-12-16)15-6-10-19(11-7-15)24-18-4-2-1-3-5-18/h1-7,10-11,16-17,21H,8-9,12-14H2. The molecule has 4 rings (SSSR count). The number of amides is 1. The van der Waals surface area contributed by atoms with Crippen LogP contribution in [-0.2, 0) is 0 Å². The van der Waals surface area contributed by atoms with Crippen molar-refractivity contribution in [3.05, 3.63) is 60.2 Å². The van der Waals surface area contributed by atoms with E-state index in [1.807, 2.05) is 54.6 Å². The molecule has 2 aliphatic heterocycles. The number of nitrogens with zero attached hydrogens (tertiary/aromatic N) is 1. The fraction of sp³-hybridized carbons (Fsp3) is 0.350. The monoisotopic (exact) mass is 322 g/mol. The lowest BCUT2D eigenvalue weighted by molar-refractivity contribution is 0.0680. The highest BCUT2D eigenvalue weighted by molar-refractivity contribution is 5.95. The van der Waals surface area contributed by atoms with Crippen molar-refractivity contribution >= 4 is 5.91 Å². The Hall–Kier alpha value is -2.33. The molecule has 0 saturated carbocycles. The maximum atomic E-state index is 12.9. The summed E-state index contributed by atoms with van der Waals surface area (Å²) >= 11 is 0. The van der Waals surface area contributed by atoms with Gasteiger partial charge in [0.2, 0.25) is 0 Å². The molecule has 2 saturated heterocycles. The molecule has 1 amide bonds. The van der Waals surface area contributed by atoms with Crippen LogP contribution in [0.15, 0.2) is 54.6 Å². The van der Waals surface area contributed by atoms with Gasteiger partial charge in [0, 0.05) is 24.2 Å². The summed E-state index contributed by atoms with van der Waals surface area (Å²) in [6.45, 7) is 1.92. The smallest absolute Gasteiger partial charge is 0.254 e. The van der Waals surface area contributed by atoms with Crippen molar-refractivity contribution in [1.82, 2.24) is 10.2 Å². The summed E-state index contributed by atoms with van der Waals surface area (Å²) < 4.78 is 5.80. The molecule has 124 valence electrons. The fourth-order valence-electron chi connectivity index (χ4n) is 3.75. The molecule has 2 atom stereocenters. The Bertz CT molecular complexity index is 685. The van der Waals surface area contributed by atoms with Gasteiger partial charge in [0.05, 0.1) is 0 Å². The quantitative estimate of drug-likeness (QED) is 0.941. The van der Waals surface area contributed by atoms with Gasteiger partial charge in [-0.25, -0.2) is 0 Å². The van der Waals surface area contributed by atoms with Crippen molar-refractivity contribution in [3.8, 4) is 11.5 Å². The number of fused-ring (bicyclic) bond motifs is 2. The van der Waals surface area contributed by atoms with Gasteiger partial charge in [-0.2, -0.15) is 0 Å². The third kappa shape index (κ3) is 3.02. The highest BCUT2D eigenvalue weighted by atomic mass is 16.5. The normalized spacial score (nSPS) is 22.9. The summed E-state index contributed by atoms with van der Waals surface area (Å²) in [5.41, 5.74) is 0.745. The van der Waals surface area contributed by atoms with Crippen molar-refractivity contribution < 1.29 is 9.53 Å². The predicted molar refractivity (Wildman–Crippen MR) is 93.4 cm³/mol. The van der Waals surface area contributed by atoms with E-state index in [1.165, 1.54) is 0 Å². The number of ether oxygens (including phenoxy) is 1. The van der Waals surface area contributed by atoms with E-state index in [0.717, 1.165) is 49.4 Å². The van der Waals surface area contributed by atoms with E-state index in [-0.39, 0.29) is 5.91 Å². The van der Waals surface area contributed by atoms with E-state index in [9.17, 15) is 4.79 Å². The number of benzene rings is 2. The summed E-state index contributed by atoms with van der Waals surface area (Å²) in [4.78, 5) is 15.0. The number of para-hydroxylation sites is 1. The Morgan fingerprint density at radius 1 is 0.917 bits per heavy atom. The van der Waals surface area contributed by atoms with Crippen LogP contribution in [0, 0.1) is 0 Å². The minimum atomic E-state index is 0.150. The molecule has 2 bridgehead atoms. The van der Waals surface area contributed by atoms with E-state index >= 15 is 0 Å². The molecule has 2 aromatic carbocycles. The second-order valence-electron chi connectivity index (χ2n) is 6.53. The van der Waals surface area contributed by atoms with Gasteiger partial charge >= 0.3 is 0 Å². The first-order chi connectivity index (χ1) is 11.8. The molecule has 2 heterocycles. The molecule has 0 radical (unpaired) electrons. The SMILES string of the molecule is O=C(c1ccc(Oc2ccccc2)cc1)N1C2CCNCC1CC2. The van der Waals surface area contributed by atoms with Gasteiger partial charge in [-0.15, -0.1) is 0 Å². The lowest BCUT2D eigenvalue weighted by Gasteiger charge is -2.28. The molecule has 0 aromatic heterocycles. The van der Waals surface area contributed by atoms with Crippen LogP contribution >= 0.6 is 0 Å². The van der Waals surface area contributed by atoms with Gasteiger partial charge in [-0.05, 0) is 62.2 Å². The van der Waals surface area contributed by atoms with Crippen LogP contribution in [0.2, 0.25) is 0 Å². The third-order valence-electron chi connectivity index (χ3n) is 4.97. The highest BCUT2D eigenvalue weighted by Crippen LogP contribution is 2.30. The van der Waals surface area contributed by atoms with Crippen LogP contribution in [-0.4, -0.2) is 36.0 Å². The first-order valence-electron chi connectivity index (χ1n) is 8.67. The molecule has 0 aliphatic carbocycles. The average molecular weight is 322 g/mol. The average Bonchev–Trinajstić information content (AvgIpc) is 2.89. The molecular formula is C20H22N2O2. The van der Waals surface area contributed by atoms with E-state index < -0.39 is 0 Å². The van der Waals surface area contributed by atoms with Gasteiger partial charge in [0.15, 0.2) is 0 Å². The van der Waals surface area contributed by atoms with Gasteiger partial charge < -0.3 is 15.0 Å². The van der Waals surface area contributed by atoms with Crippen LogP contribution in [0.5, 0.6) is 11.5 Å². The molecular weight excluding hydrogens is 300 g/mol. The highest BCUT2D eigenvalue weighted by Gasteiger charge is 2.38. The van der Waals surface area contributed by atoms with E-state index in [1.54, 1.807) is 0 Å². The molecule has 4 nitrogen and oxygen atoms in total. The summed E-state index contributed by atoms with van der Waals surface area (Å²) in [6, 6.07) is 17.9. The van der Waals surface area contributed by atoms with Gasteiger partial charge in [0.1, 0.15) is 11.5 Å². The molecule has 2 aliphatic rings. The number of carbonyl (C=O) groups excluding carboxylic acids is 1. The summed E-state index contributed by atoms with van der Waals surface area (Å²) in [5.74, 6) is 1.70. The Morgan fingerprint density at radius 3 is 2.42 bits per heavy atom. The van der Waals surface area contributed by atoms with Crippen LogP contribution in [0.3, 0.4) is 0 Å². The van der Waals surface area contributed by atoms with Crippen molar-refractivity contribution in [2.45, 2.75) is 31.3 Å². The summed E-state index contributed by atoms with van der Waals surface area (Å²) in [7, 11) is 0. The van der Waals surface area contributed by atoms with E-state index in [0.29, 0.717) is 12.1 Å². The topological polar surface area (TPSA) is 41.6 Å². The molecule has 1 N–H and O–H groups in total. The third-order valence-corrected chi connectivity index (χ3v) is 4.97. The maximum absolute atomic E-state index is 12.9. The first kappa shape index (κ1) is 15.2. The zero-order valence-corrected chi connectivity index (χ0v) is 13.7. The number of hydrogen-bond donors (Lipinski definition) is 1. The largest absolute Gasteiger partial charge is 0.457 e. The van der Waals surface area contributed by atoms with Gasteiger partial charge in [-0.1, -0.05) is 18.2 Å². The van der Waals surface area contributed by atoms with E-state index in [4.69, 9.17) is 4.74 Å². The Balaban J connectivity index is 1.49. The predicted octanol–water partition coefficient (Wildman–Crippen LogP) is 3.45. The zero-order valence-electron chi connectivity index (χ0n) is 13.7. The molecule has 2 fully saturated rings. The van der Waals surface area contributed by atoms with Crippen LogP contribution in [0.4, 0.5) is 0 Å². The number of rotatable bonds is 3. The van der Waals surface area contributed by atoms with Crippen molar-refractivity contribution in [2.24, 2.45) is 0 Å². The fourth-order valence-corrected chi connectivity index (χ4v) is 3.75. The van der Waals surface area contributed by atoms with Crippen molar-refractivity contribution in [3.63, 3.8) is 0 Å². The Morgan fingerprint density at radius 2 is 1.62 bits per heavy atom. The molecule has 2 unspecified atom stereocenters. The van der Waals surface area contributed by atoms with Gasteiger partial charge in [-0.3, -0.25) is 4.79 Å². The zero-order chi connectivity index (χ0) is 16.4. The molecule has 24 heavy (non-hydrogen) atoms.